The maximum atomic E-state index is 14.4. The van der Waals surface area contributed by atoms with Crippen molar-refractivity contribution in [3.05, 3.63) is 160 Å². The molecule has 0 saturated carbocycles. The SMILES string of the molecule is CC(C)(C)[PH+](C(c1ccccc1)c1ccccc1)C(C)(C)C.Fc1cc(F)c(F)c([BH-](c2c(F)c(F)cc(F)c2F)c2c(F)c(F)cc(F)c2F)c1F. The summed E-state index contributed by atoms with van der Waals surface area (Å²) < 4.78 is 168. The van der Waals surface area contributed by atoms with Crippen molar-refractivity contribution < 1.29 is 52.7 Å². The molecule has 0 saturated heterocycles. The van der Waals surface area contributed by atoms with Crippen molar-refractivity contribution in [1.82, 2.24) is 0 Å². The fourth-order valence-corrected chi connectivity index (χ4v) is 12.2. The Morgan fingerprint density at radius 1 is 0.396 bits per heavy atom. The van der Waals surface area contributed by atoms with E-state index in [1.54, 1.807) is 0 Å². The van der Waals surface area contributed by atoms with Crippen LogP contribution in [0.3, 0.4) is 0 Å². The summed E-state index contributed by atoms with van der Waals surface area (Å²) in [6.07, 6.45) is 0. The van der Waals surface area contributed by atoms with Gasteiger partial charge in [-0.05, 0) is 52.7 Å². The summed E-state index contributed by atoms with van der Waals surface area (Å²) >= 11 is 0. The molecule has 0 aliphatic carbocycles. The third-order valence-electron chi connectivity index (χ3n) is 8.84. The van der Waals surface area contributed by atoms with Gasteiger partial charge >= 0.3 is 0 Å². The molecule has 0 N–H and O–H groups in total. The monoisotopic (exact) mass is 772 g/mol. The Bertz CT molecular complexity index is 1810. The molecule has 0 amide bonds. The average Bonchev–Trinajstić information content (AvgIpc) is 3.08. The van der Waals surface area contributed by atoms with Crippen LogP contribution < -0.4 is 16.4 Å². The lowest BCUT2D eigenvalue weighted by Gasteiger charge is -2.39. The van der Waals surface area contributed by atoms with Crippen molar-refractivity contribution in [3.8, 4) is 0 Å². The number of halogens is 12. The van der Waals surface area contributed by atoms with Crippen molar-refractivity contribution >= 4 is 31.0 Å². The van der Waals surface area contributed by atoms with Gasteiger partial charge in [-0.3, -0.25) is 0 Å². The van der Waals surface area contributed by atoms with Gasteiger partial charge < -0.3 is 0 Å². The highest BCUT2D eigenvalue weighted by molar-refractivity contribution is 7.61. The fraction of sp³-hybridized carbons (Fsp3) is 0.231. The maximum absolute atomic E-state index is 14.4. The van der Waals surface area contributed by atoms with Crippen LogP contribution in [0.1, 0.15) is 58.3 Å². The minimum absolute atomic E-state index is 0.333. The van der Waals surface area contributed by atoms with Crippen LogP contribution in [-0.2, 0) is 0 Å². The second-order valence-electron chi connectivity index (χ2n) is 14.5. The zero-order valence-electron chi connectivity index (χ0n) is 29.3. The van der Waals surface area contributed by atoms with Crippen LogP contribution >= 0.6 is 7.92 Å². The Kier molecular flexibility index (Phi) is 12.5. The van der Waals surface area contributed by atoms with Crippen molar-refractivity contribution in [3.63, 3.8) is 0 Å². The van der Waals surface area contributed by atoms with E-state index < -0.39 is 101 Å². The van der Waals surface area contributed by atoms with Crippen molar-refractivity contribution in [1.29, 1.82) is 0 Å². The van der Waals surface area contributed by atoms with Gasteiger partial charge in [0.2, 0.25) is 0 Å². The lowest BCUT2D eigenvalue weighted by atomic mass is 9.36. The molecule has 0 aliphatic rings. The molecule has 53 heavy (non-hydrogen) atoms. The minimum atomic E-state index is -4.62. The highest BCUT2D eigenvalue weighted by Crippen LogP contribution is 2.69. The molecule has 0 bridgehead atoms. The van der Waals surface area contributed by atoms with Gasteiger partial charge in [-0.1, -0.05) is 60.7 Å². The van der Waals surface area contributed by atoms with E-state index in [0.29, 0.717) is 16.0 Å². The summed E-state index contributed by atoms with van der Waals surface area (Å²) in [6, 6.07) is 21.0. The van der Waals surface area contributed by atoms with Crippen molar-refractivity contribution in [2.75, 3.05) is 0 Å². The van der Waals surface area contributed by atoms with Crippen LogP contribution in [-0.4, -0.2) is 17.0 Å². The lowest BCUT2D eigenvalue weighted by molar-refractivity contribution is 0.456. The first-order chi connectivity index (χ1) is 24.6. The molecule has 0 fully saturated rings. The molecule has 0 aliphatic heterocycles. The summed E-state index contributed by atoms with van der Waals surface area (Å²) in [5, 5.41) is 0.665. The van der Waals surface area contributed by atoms with E-state index in [-0.39, 0.29) is 18.2 Å². The quantitative estimate of drug-likeness (QED) is 0.0698. The number of hydrogen-bond donors (Lipinski definition) is 0. The van der Waals surface area contributed by atoms with E-state index >= 15 is 0 Å². The Labute approximate surface area is 300 Å². The minimum Gasteiger partial charge on any atom is -0.207 e. The van der Waals surface area contributed by atoms with Gasteiger partial charge in [-0.15, -0.1) is 16.4 Å². The number of hydrogen-bond acceptors (Lipinski definition) is 0. The summed E-state index contributed by atoms with van der Waals surface area (Å²) in [5.41, 5.74) is -2.92. The molecular formula is C39H34BF12P. The Morgan fingerprint density at radius 2 is 0.623 bits per heavy atom. The first kappa shape index (κ1) is 41.5. The third-order valence-corrected chi connectivity index (χ3v) is 13.3. The van der Waals surface area contributed by atoms with Crippen molar-refractivity contribution in [2.45, 2.75) is 57.5 Å². The highest BCUT2D eigenvalue weighted by atomic mass is 31.1. The van der Waals surface area contributed by atoms with Crippen LogP contribution in [0.4, 0.5) is 52.7 Å². The molecule has 14 heteroatoms. The molecule has 0 aromatic heterocycles. The Morgan fingerprint density at radius 3 is 0.830 bits per heavy atom. The van der Waals surface area contributed by atoms with Crippen LogP contribution in [0.25, 0.3) is 0 Å². The van der Waals surface area contributed by atoms with E-state index in [4.69, 9.17) is 0 Å². The summed E-state index contributed by atoms with van der Waals surface area (Å²) in [5.74, 6) is -28.2. The second-order valence-corrected chi connectivity index (χ2v) is 18.9. The van der Waals surface area contributed by atoms with E-state index in [0.717, 1.165) is 0 Å². The molecule has 0 atom stereocenters. The molecule has 0 nitrogen and oxygen atoms in total. The van der Waals surface area contributed by atoms with Gasteiger partial charge in [0.25, 0.3) is 0 Å². The summed E-state index contributed by atoms with van der Waals surface area (Å²) in [7, 11) is -0.719. The van der Waals surface area contributed by atoms with Crippen LogP contribution in [0.2, 0.25) is 0 Å². The summed E-state index contributed by atoms with van der Waals surface area (Å²) in [6.45, 7) is 9.91. The van der Waals surface area contributed by atoms with Crippen LogP contribution in [0.5, 0.6) is 0 Å². The van der Waals surface area contributed by atoms with Crippen LogP contribution in [0, 0.1) is 69.8 Å². The molecule has 0 unspecified atom stereocenters. The normalized spacial score (nSPS) is 12.1. The van der Waals surface area contributed by atoms with E-state index in [9.17, 15) is 52.7 Å². The van der Waals surface area contributed by atoms with Crippen LogP contribution in [0.15, 0.2) is 78.9 Å². The zero-order chi connectivity index (χ0) is 39.7. The van der Waals surface area contributed by atoms with Gasteiger partial charge in [0.15, 0.2) is 34.9 Å². The topological polar surface area (TPSA) is 0 Å². The predicted molar refractivity (Wildman–Crippen MR) is 187 cm³/mol. The molecule has 5 aromatic carbocycles. The first-order valence-electron chi connectivity index (χ1n) is 16.2. The zero-order valence-corrected chi connectivity index (χ0v) is 30.3. The van der Waals surface area contributed by atoms with Crippen molar-refractivity contribution in [2.24, 2.45) is 0 Å². The van der Waals surface area contributed by atoms with Gasteiger partial charge in [0, 0.05) is 26.1 Å². The lowest BCUT2D eigenvalue weighted by Crippen LogP contribution is -2.60. The van der Waals surface area contributed by atoms with Gasteiger partial charge in [0.05, 0.1) is 17.0 Å². The largest absolute Gasteiger partial charge is 0.207 e. The molecule has 0 radical (unpaired) electrons. The van der Waals surface area contributed by atoms with Gasteiger partial charge in [-0.2, -0.15) is 0 Å². The molecule has 5 rings (SSSR count). The van der Waals surface area contributed by atoms with Gasteiger partial charge in [0.1, 0.15) is 40.6 Å². The standard InChI is InChI=1S/C21H29P.C18H4BF12/c1-20(2,3)22(21(4,5)6)19(17-13-9-7-10-14-17)18-15-11-8-12-16-18;20-4-1-5(21)14(27)10(13(4)26)19(11-15(28)6(22)2-7(23)16(11)29)12-17(30)8(24)3-9(25)18(12)31/h7-16,19H,1-6H3;1-3,19H/q;-1/p+1. The Hall–Kier alpha value is -4.25. The number of benzene rings is 5. The Balaban J connectivity index is 0.000000251. The van der Waals surface area contributed by atoms with E-state index in [1.165, 1.54) is 11.1 Å². The molecule has 0 heterocycles. The molecule has 0 spiro atoms. The molecule has 5 aromatic rings. The first-order valence-corrected chi connectivity index (χ1v) is 17.8. The van der Waals surface area contributed by atoms with E-state index in [2.05, 4.69) is 102 Å². The van der Waals surface area contributed by atoms with Gasteiger partial charge in [-0.25, -0.2) is 52.7 Å². The average molecular weight is 772 g/mol. The fourth-order valence-electron chi connectivity index (χ4n) is 7.14. The molecular weight excluding hydrogens is 738 g/mol. The summed E-state index contributed by atoms with van der Waals surface area (Å²) in [4.78, 5) is 0. The number of rotatable bonds is 6. The smallest absolute Gasteiger partial charge is 0.158 e. The maximum Gasteiger partial charge on any atom is 0.158 e. The van der Waals surface area contributed by atoms with E-state index in [1.807, 2.05) is 0 Å². The second kappa shape index (κ2) is 16.0. The molecule has 282 valence electrons. The third kappa shape index (κ3) is 8.61. The highest BCUT2D eigenvalue weighted by Gasteiger charge is 2.48. The predicted octanol–water partition coefficient (Wildman–Crippen LogP) is 10.2.